The van der Waals surface area contributed by atoms with Crippen molar-refractivity contribution < 1.29 is 17.6 Å². The number of hydrogen-bond donors (Lipinski definition) is 1. The monoisotopic (exact) mass is 444 g/mol. The molecule has 10 heteroatoms. The molecule has 1 N–H and O–H groups in total. The van der Waals surface area contributed by atoms with Crippen molar-refractivity contribution in [1.29, 1.82) is 0 Å². The van der Waals surface area contributed by atoms with Crippen LogP contribution in [0, 0.1) is 0 Å². The van der Waals surface area contributed by atoms with Crippen LogP contribution in [0.1, 0.15) is 5.76 Å². The summed E-state index contributed by atoms with van der Waals surface area (Å²) in [4.78, 5) is 4.44. The van der Waals surface area contributed by atoms with Gasteiger partial charge >= 0.3 is 0 Å². The van der Waals surface area contributed by atoms with Crippen LogP contribution in [-0.4, -0.2) is 29.7 Å². The zero-order valence-electron chi connectivity index (χ0n) is 15.8. The van der Waals surface area contributed by atoms with E-state index in [0.29, 0.717) is 22.1 Å². The molecule has 0 fully saturated rings. The molecule has 2 aromatic carbocycles. The van der Waals surface area contributed by atoms with Crippen molar-refractivity contribution in [3.8, 4) is 17.1 Å². The van der Waals surface area contributed by atoms with Gasteiger partial charge in [-0.15, -0.1) is 9.19 Å². The summed E-state index contributed by atoms with van der Waals surface area (Å²) in [5, 5.41) is 7.67. The lowest BCUT2D eigenvalue weighted by atomic mass is 10.2. The van der Waals surface area contributed by atoms with E-state index in [0.717, 1.165) is 4.09 Å². The fourth-order valence-electron chi connectivity index (χ4n) is 2.72. The molecule has 0 aliphatic rings. The highest BCUT2D eigenvalue weighted by molar-refractivity contribution is 7.90. The smallest absolute Gasteiger partial charge is 0.286 e. The summed E-state index contributed by atoms with van der Waals surface area (Å²) < 4.78 is 37.7. The van der Waals surface area contributed by atoms with Gasteiger partial charge in [-0.2, -0.15) is 13.4 Å². The van der Waals surface area contributed by atoms with Crippen LogP contribution >= 0.6 is 11.6 Å². The third-order valence-electron chi connectivity index (χ3n) is 4.27. The Morgan fingerprint density at radius 1 is 1.10 bits per heavy atom. The molecule has 0 bridgehead atoms. The molecule has 4 aromatic rings. The Morgan fingerprint density at radius 2 is 1.83 bits per heavy atom. The van der Waals surface area contributed by atoms with E-state index in [2.05, 4.69) is 15.4 Å². The SMILES string of the molecule is COc1ccc(-c2nc(NCc3ccco3)n(S(=O)(=O)c3ccc(Cl)cc3)n2)cc1. The average Bonchev–Trinajstić information content (AvgIpc) is 3.43. The summed E-state index contributed by atoms with van der Waals surface area (Å²) in [6.07, 6.45) is 1.54. The maximum absolute atomic E-state index is 13.2. The lowest BCUT2D eigenvalue weighted by molar-refractivity contribution is 0.415. The van der Waals surface area contributed by atoms with Crippen LogP contribution in [-0.2, 0) is 16.6 Å². The number of nitrogens with one attached hydrogen (secondary N) is 1. The molecule has 0 atom stereocenters. The van der Waals surface area contributed by atoms with Crippen LogP contribution in [0.3, 0.4) is 0 Å². The predicted molar refractivity (Wildman–Crippen MR) is 112 cm³/mol. The third kappa shape index (κ3) is 4.03. The van der Waals surface area contributed by atoms with E-state index in [-0.39, 0.29) is 23.2 Å². The first kappa shape index (κ1) is 20.0. The van der Waals surface area contributed by atoms with Crippen LogP contribution in [0.15, 0.2) is 76.2 Å². The zero-order chi connectivity index (χ0) is 21.1. The van der Waals surface area contributed by atoms with Crippen molar-refractivity contribution in [2.45, 2.75) is 11.4 Å². The van der Waals surface area contributed by atoms with E-state index in [1.807, 2.05) is 0 Å². The van der Waals surface area contributed by atoms with Crippen LogP contribution in [0.5, 0.6) is 5.75 Å². The van der Waals surface area contributed by atoms with E-state index >= 15 is 0 Å². The molecule has 0 aliphatic carbocycles. The molecular formula is C20H17ClN4O4S. The molecule has 0 aliphatic heterocycles. The summed E-state index contributed by atoms with van der Waals surface area (Å²) in [6.45, 7) is 0.240. The molecule has 0 saturated heterocycles. The average molecular weight is 445 g/mol. The molecule has 0 radical (unpaired) electrons. The van der Waals surface area contributed by atoms with Gasteiger partial charge in [0.1, 0.15) is 11.5 Å². The number of hydrogen-bond acceptors (Lipinski definition) is 7. The highest BCUT2D eigenvalue weighted by Crippen LogP contribution is 2.25. The molecule has 0 saturated carbocycles. The highest BCUT2D eigenvalue weighted by Gasteiger charge is 2.25. The minimum Gasteiger partial charge on any atom is -0.497 e. The third-order valence-corrected chi connectivity index (χ3v) is 6.10. The number of methoxy groups -OCH3 is 1. The van der Waals surface area contributed by atoms with Gasteiger partial charge in [0.2, 0.25) is 5.95 Å². The summed E-state index contributed by atoms with van der Waals surface area (Å²) in [7, 11) is -2.44. The van der Waals surface area contributed by atoms with Crippen molar-refractivity contribution in [3.05, 3.63) is 77.7 Å². The van der Waals surface area contributed by atoms with Crippen LogP contribution in [0.2, 0.25) is 5.02 Å². The van der Waals surface area contributed by atoms with Gasteiger partial charge in [-0.1, -0.05) is 11.6 Å². The second-order valence-electron chi connectivity index (χ2n) is 6.22. The van der Waals surface area contributed by atoms with Gasteiger partial charge in [-0.05, 0) is 60.7 Å². The van der Waals surface area contributed by atoms with Gasteiger partial charge < -0.3 is 14.5 Å². The first-order chi connectivity index (χ1) is 14.5. The molecule has 154 valence electrons. The summed E-state index contributed by atoms with van der Waals surface area (Å²) in [5.74, 6) is 1.60. The van der Waals surface area contributed by atoms with Crippen LogP contribution in [0.4, 0.5) is 5.95 Å². The largest absolute Gasteiger partial charge is 0.497 e. The molecular weight excluding hydrogens is 428 g/mol. The Balaban J connectivity index is 1.75. The van der Waals surface area contributed by atoms with Gasteiger partial charge in [0.15, 0.2) is 5.82 Å². The standard InChI is InChI=1S/C20H17ClN4O4S/c1-28-16-8-4-14(5-9-16)19-23-20(22-13-17-3-2-12-29-17)25(24-19)30(26,27)18-10-6-15(21)7-11-18/h2-12H,13H2,1H3,(H,22,23,24). The van der Waals surface area contributed by atoms with Gasteiger partial charge in [0.05, 0.1) is 24.8 Å². The molecule has 30 heavy (non-hydrogen) atoms. The van der Waals surface area contributed by atoms with Gasteiger partial charge in [-0.3, -0.25) is 0 Å². The minimum atomic E-state index is -4.01. The molecule has 2 heterocycles. The Hall–Kier alpha value is -3.30. The Bertz CT molecular complexity index is 1240. The molecule has 2 aromatic heterocycles. The first-order valence-electron chi connectivity index (χ1n) is 8.86. The van der Waals surface area contributed by atoms with E-state index in [1.54, 1.807) is 43.5 Å². The number of anilines is 1. The summed E-state index contributed by atoms with van der Waals surface area (Å²) >= 11 is 5.89. The van der Waals surface area contributed by atoms with Gasteiger partial charge in [0.25, 0.3) is 10.0 Å². The maximum Gasteiger partial charge on any atom is 0.286 e. The van der Waals surface area contributed by atoms with E-state index < -0.39 is 10.0 Å². The number of nitrogens with zero attached hydrogens (tertiary/aromatic N) is 3. The van der Waals surface area contributed by atoms with Crippen molar-refractivity contribution in [3.63, 3.8) is 0 Å². The lowest BCUT2D eigenvalue weighted by Gasteiger charge is -2.08. The number of benzene rings is 2. The Morgan fingerprint density at radius 3 is 2.47 bits per heavy atom. The normalized spacial score (nSPS) is 11.4. The number of halogens is 1. The van der Waals surface area contributed by atoms with Gasteiger partial charge in [-0.25, -0.2) is 0 Å². The lowest BCUT2D eigenvalue weighted by Crippen LogP contribution is -2.18. The van der Waals surface area contributed by atoms with Crippen molar-refractivity contribution in [2.75, 3.05) is 12.4 Å². The number of furan rings is 1. The quantitative estimate of drug-likeness (QED) is 0.459. The Kier molecular flexibility index (Phi) is 5.47. The number of ether oxygens (including phenoxy) is 1. The molecule has 8 nitrogen and oxygen atoms in total. The van der Waals surface area contributed by atoms with E-state index in [1.165, 1.54) is 30.5 Å². The summed E-state index contributed by atoms with van der Waals surface area (Å²) in [6, 6.07) is 16.4. The molecule has 0 amide bonds. The van der Waals surface area contributed by atoms with Crippen molar-refractivity contribution in [1.82, 2.24) is 14.2 Å². The fourth-order valence-corrected chi connectivity index (χ4v) is 4.05. The fraction of sp³-hybridized carbons (Fsp3) is 0.100. The molecule has 0 spiro atoms. The van der Waals surface area contributed by atoms with Crippen LogP contribution in [0.25, 0.3) is 11.4 Å². The minimum absolute atomic E-state index is 0.0409. The topological polar surface area (TPSA) is 99.2 Å². The maximum atomic E-state index is 13.2. The second-order valence-corrected chi connectivity index (χ2v) is 8.43. The molecule has 0 unspecified atom stereocenters. The highest BCUT2D eigenvalue weighted by atomic mass is 35.5. The van der Waals surface area contributed by atoms with E-state index in [9.17, 15) is 8.42 Å². The molecule has 4 rings (SSSR count). The summed E-state index contributed by atoms with van der Waals surface area (Å²) in [5.41, 5.74) is 0.641. The van der Waals surface area contributed by atoms with E-state index in [4.69, 9.17) is 20.8 Å². The number of rotatable bonds is 7. The second kappa shape index (κ2) is 8.21. The zero-order valence-corrected chi connectivity index (χ0v) is 17.4. The van der Waals surface area contributed by atoms with Crippen LogP contribution < -0.4 is 10.1 Å². The van der Waals surface area contributed by atoms with Crippen molar-refractivity contribution >= 4 is 27.6 Å². The predicted octanol–water partition coefficient (Wildman–Crippen LogP) is 4.05. The van der Waals surface area contributed by atoms with Gasteiger partial charge in [0, 0.05) is 10.6 Å². The Labute approximate surface area is 178 Å². The first-order valence-corrected chi connectivity index (χ1v) is 10.7. The van der Waals surface area contributed by atoms with Crippen molar-refractivity contribution in [2.24, 2.45) is 0 Å². The number of aromatic nitrogens is 3.